The molecule has 0 radical (unpaired) electrons. The summed E-state index contributed by atoms with van der Waals surface area (Å²) in [6.45, 7) is 32.5. The Morgan fingerprint density at radius 1 is 0.795 bits per heavy atom. The normalized spacial score (nSPS) is 15.9. The second kappa shape index (κ2) is 19.9. The molecule has 0 aromatic heterocycles. The van der Waals surface area contributed by atoms with Gasteiger partial charge in [-0.15, -0.1) is 0 Å². The first-order chi connectivity index (χ1) is 20.1. The molecule has 0 aliphatic heterocycles. The number of carboxylic acid groups (broad SMARTS) is 1. The fraction of sp³-hybridized carbons (Fsp3) is 0.917. The van der Waals surface area contributed by atoms with E-state index < -0.39 is 46.6 Å². The third kappa shape index (κ3) is 15.8. The Morgan fingerprint density at radius 2 is 1.27 bits per heavy atom. The predicted molar refractivity (Wildman–Crippen MR) is 200 cm³/mol. The number of unbranched alkanes of at least 4 members (excludes halogenated alkanes) is 3. The van der Waals surface area contributed by atoms with Gasteiger partial charge in [0.15, 0.2) is 0 Å². The molecular weight excluding hydrogens is 687 g/mol. The summed E-state index contributed by atoms with van der Waals surface area (Å²) in [5.41, 5.74) is -0.699. The van der Waals surface area contributed by atoms with Gasteiger partial charge in [0, 0.05) is 0 Å². The molecular formula is C36H76O5Si2Sn. The number of aliphatic carboxylic acids is 1. The molecule has 0 saturated heterocycles. The van der Waals surface area contributed by atoms with Gasteiger partial charge in [-0.1, -0.05) is 0 Å². The van der Waals surface area contributed by atoms with E-state index >= 15 is 0 Å². The average molecular weight is 764 g/mol. The number of allylic oxidation sites excluding steroid dienone is 1. The van der Waals surface area contributed by atoms with Crippen LogP contribution in [0.2, 0.25) is 54.0 Å². The molecule has 8 heteroatoms. The van der Waals surface area contributed by atoms with E-state index in [0.717, 1.165) is 12.8 Å². The van der Waals surface area contributed by atoms with E-state index in [-0.39, 0.29) is 22.6 Å². The van der Waals surface area contributed by atoms with Crippen molar-refractivity contribution in [3.8, 4) is 0 Å². The Morgan fingerprint density at radius 3 is 1.68 bits per heavy atom. The van der Waals surface area contributed by atoms with Crippen molar-refractivity contribution in [3.63, 3.8) is 0 Å². The van der Waals surface area contributed by atoms with E-state index in [4.69, 9.17) is 13.6 Å². The summed E-state index contributed by atoms with van der Waals surface area (Å²) >= 11 is -2.32. The number of ether oxygens (including phenoxy) is 1. The first-order valence-corrected chi connectivity index (χ1v) is 31.9. The van der Waals surface area contributed by atoms with E-state index in [1.807, 2.05) is 6.26 Å². The molecule has 44 heavy (non-hydrogen) atoms. The minimum atomic E-state index is -2.32. The molecule has 0 heterocycles. The maximum atomic E-state index is 11.8. The molecule has 5 nitrogen and oxygen atoms in total. The first-order valence-electron chi connectivity index (χ1n) is 18.0. The monoisotopic (exact) mass is 764 g/mol. The third-order valence-electron chi connectivity index (χ3n) is 10.8. The first kappa shape index (κ1) is 44.2. The predicted octanol–water partition coefficient (Wildman–Crippen LogP) is 12.2. The van der Waals surface area contributed by atoms with E-state index in [1.54, 1.807) is 0 Å². The van der Waals surface area contributed by atoms with Gasteiger partial charge in [-0.25, -0.2) is 0 Å². The molecule has 262 valence electrons. The van der Waals surface area contributed by atoms with E-state index in [2.05, 4.69) is 102 Å². The van der Waals surface area contributed by atoms with E-state index in [9.17, 15) is 9.90 Å². The van der Waals surface area contributed by atoms with Gasteiger partial charge >= 0.3 is 283 Å². The molecule has 0 fully saturated rings. The molecule has 0 saturated carbocycles. The van der Waals surface area contributed by atoms with Gasteiger partial charge in [0.2, 0.25) is 0 Å². The van der Waals surface area contributed by atoms with Gasteiger partial charge in [-0.3, -0.25) is 0 Å². The van der Waals surface area contributed by atoms with E-state index in [0.29, 0.717) is 13.0 Å². The van der Waals surface area contributed by atoms with Crippen LogP contribution in [0.15, 0.2) is 12.3 Å². The van der Waals surface area contributed by atoms with Crippen molar-refractivity contribution in [2.75, 3.05) is 6.61 Å². The molecule has 0 aliphatic rings. The van der Waals surface area contributed by atoms with Gasteiger partial charge in [0.1, 0.15) is 0 Å². The Hall–Kier alpha value is 0.162. The van der Waals surface area contributed by atoms with Crippen LogP contribution in [0.3, 0.4) is 0 Å². The van der Waals surface area contributed by atoms with Crippen LogP contribution in [0.5, 0.6) is 0 Å². The number of hydrogen-bond acceptors (Lipinski definition) is 4. The van der Waals surface area contributed by atoms with Gasteiger partial charge in [0.05, 0.1) is 0 Å². The van der Waals surface area contributed by atoms with Crippen molar-refractivity contribution in [2.45, 2.75) is 199 Å². The number of hydrogen-bond donors (Lipinski definition) is 1. The summed E-state index contributed by atoms with van der Waals surface area (Å²) in [5, 5.41) is 9.88. The molecule has 0 spiro atoms. The van der Waals surface area contributed by atoms with Crippen LogP contribution < -0.4 is 0 Å². The molecule has 0 amide bonds. The van der Waals surface area contributed by atoms with Crippen molar-refractivity contribution in [2.24, 2.45) is 0 Å². The van der Waals surface area contributed by atoms with Gasteiger partial charge in [-0.05, 0) is 0 Å². The Kier molecular flexibility index (Phi) is 19.9. The van der Waals surface area contributed by atoms with Crippen LogP contribution in [0.4, 0.5) is 0 Å². The zero-order chi connectivity index (χ0) is 34.3. The fourth-order valence-electron chi connectivity index (χ4n) is 5.48. The summed E-state index contributed by atoms with van der Waals surface area (Å²) in [5.74, 6) is -0.785. The summed E-state index contributed by atoms with van der Waals surface area (Å²) in [4.78, 5) is 11.8. The molecule has 0 unspecified atom stereocenters. The van der Waals surface area contributed by atoms with Crippen molar-refractivity contribution in [1.82, 2.24) is 0 Å². The molecule has 0 aliphatic carbocycles. The second-order valence-electron chi connectivity index (χ2n) is 16.8. The van der Waals surface area contributed by atoms with Crippen LogP contribution in [-0.4, -0.2) is 64.4 Å². The number of carboxylic acids is 1. The topological polar surface area (TPSA) is 65.0 Å². The Bertz CT molecular complexity index is 810. The minimum absolute atomic E-state index is 0.00915. The zero-order valence-corrected chi connectivity index (χ0v) is 36.8. The van der Waals surface area contributed by atoms with Crippen molar-refractivity contribution < 1.29 is 23.5 Å². The van der Waals surface area contributed by atoms with Gasteiger partial charge in [0.25, 0.3) is 0 Å². The Labute approximate surface area is 281 Å². The summed E-state index contributed by atoms with van der Waals surface area (Å²) in [7, 11) is -4.06. The molecule has 0 bridgehead atoms. The van der Waals surface area contributed by atoms with Crippen LogP contribution in [-0.2, 0) is 18.4 Å². The second-order valence-corrected chi connectivity index (χ2v) is 40.4. The quantitative estimate of drug-likeness (QED) is 0.0602. The van der Waals surface area contributed by atoms with Crippen LogP contribution in [0.1, 0.15) is 133 Å². The van der Waals surface area contributed by atoms with E-state index in [1.165, 1.54) is 56.3 Å². The van der Waals surface area contributed by atoms with Crippen LogP contribution in [0, 0.1) is 0 Å². The summed E-state index contributed by atoms with van der Waals surface area (Å²) < 4.78 is 26.1. The molecule has 0 aromatic rings. The SMILES string of the molecule is CCC[CH2][Sn]([CH2]/C=C/O[C@H](CCCO[Si](C)(C)C(C)(C)C)[C@](C)(CCC(=O)O)O[Si](C)(C)C(C)(C)C)([CH2]CCC)[CH2]CCC. The molecule has 2 atom stereocenters. The van der Waals surface area contributed by atoms with Gasteiger partial charge in [-0.2, -0.15) is 0 Å². The fourth-order valence-corrected chi connectivity index (χ4v) is 23.3. The molecule has 1 N–H and O–H groups in total. The van der Waals surface area contributed by atoms with Crippen molar-refractivity contribution in [3.05, 3.63) is 12.3 Å². The van der Waals surface area contributed by atoms with Crippen LogP contribution in [0.25, 0.3) is 0 Å². The standard InChI is InChI=1S/C24H49O5Si2.3C4H9.Sn/c1-13-18-27-20(15-14-19-28-30(9,10)22(2,3)4)24(8,17-16-21(25)26)29-31(11,12)23(5,6)7;3*1-3-4-2;/h13,18,20H,1,14-17,19H2,2-12H3,(H,25,26);3*1,3-4H2,2H3;/b18-13+;;;;/t20-,24+;;;;/m1..../s1. The summed E-state index contributed by atoms with van der Waals surface area (Å²) in [6.07, 6.45) is 14.2. The number of carbonyl (C=O) groups is 1. The summed E-state index contributed by atoms with van der Waals surface area (Å²) in [6, 6.07) is 0. The van der Waals surface area contributed by atoms with Crippen molar-refractivity contribution in [1.29, 1.82) is 0 Å². The van der Waals surface area contributed by atoms with Crippen molar-refractivity contribution >= 4 is 41.0 Å². The van der Waals surface area contributed by atoms with Crippen LogP contribution >= 0.6 is 0 Å². The van der Waals surface area contributed by atoms with Gasteiger partial charge < -0.3 is 0 Å². The molecule has 0 rings (SSSR count). The zero-order valence-electron chi connectivity index (χ0n) is 31.9. The third-order valence-corrected chi connectivity index (χ3v) is 35.1. The maximum absolute atomic E-state index is 11.8. The number of rotatable bonds is 24. The molecule has 0 aromatic carbocycles. The Balaban J connectivity index is 6.27. The average Bonchev–Trinajstić information content (AvgIpc) is 2.89.